The summed E-state index contributed by atoms with van der Waals surface area (Å²) in [5.41, 5.74) is 0. The average Bonchev–Trinajstić information content (AvgIpc) is 1.79. The van der Waals surface area contributed by atoms with Crippen molar-refractivity contribution >= 4 is 0 Å². The van der Waals surface area contributed by atoms with Crippen molar-refractivity contribution in [1.82, 2.24) is 0 Å². The largest absolute Gasteiger partial charge is 0.207 e. The minimum Gasteiger partial charge on any atom is -0.207 e. The van der Waals surface area contributed by atoms with Crippen molar-refractivity contribution in [3.8, 4) is 0 Å². The molecule has 0 radical (unpaired) electrons. The van der Waals surface area contributed by atoms with Gasteiger partial charge >= 0.3 is 0 Å². The minimum absolute atomic E-state index is 0.212. The zero-order chi connectivity index (χ0) is 6.53. The Morgan fingerprint density at radius 1 is 0.889 bits per heavy atom. The lowest BCUT2D eigenvalue weighted by molar-refractivity contribution is 0.667. The van der Waals surface area contributed by atoms with Crippen molar-refractivity contribution < 1.29 is 4.39 Å². The van der Waals surface area contributed by atoms with Gasteiger partial charge in [0.05, 0.1) is 0 Å². The molecule has 1 heteroatoms. The standard InChI is InChI=1S/C8H7F/c9-8-6-4-2-1-3-5-7-8/h1-7H. The fourth-order valence-corrected chi connectivity index (χ4v) is 0.543. The Labute approximate surface area is 53.7 Å². The maximum Gasteiger partial charge on any atom is 0.123 e. The molecule has 1 rings (SSSR count). The Hall–Kier alpha value is -1.11. The smallest absolute Gasteiger partial charge is 0.123 e. The maximum absolute atomic E-state index is 12.3. The van der Waals surface area contributed by atoms with Gasteiger partial charge in [0.25, 0.3) is 0 Å². The van der Waals surface area contributed by atoms with Crippen molar-refractivity contribution in [2.45, 2.75) is 0 Å². The molecular weight excluding hydrogens is 115 g/mol. The zero-order valence-electron chi connectivity index (χ0n) is 4.92. The summed E-state index contributed by atoms with van der Waals surface area (Å²) in [6, 6.07) is 0. The van der Waals surface area contributed by atoms with E-state index in [1.54, 1.807) is 24.3 Å². The fraction of sp³-hybridized carbons (Fsp3) is 0. The van der Waals surface area contributed by atoms with Crippen LogP contribution >= 0.6 is 0 Å². The molecule has 46 valence electrons. The molecule has 0 aromatic rings. The van der Waals surface area contributed by atoms with E-state index in [0.717, 1.165) is 0 Å². The first-order valence-electron chi connectivity index (χ1n) is 2.77. The van der Waals surface area contributed by atoms with E-state index in [4.69, 9.17) is 0 Å². The van der Waals surface area contributed by atoms with E-state index in [2.05, 4.69) is 0 Å². The van der Waals surface area contributed by atoms with Crippen LogP contribution in [0.5, 0.6) is 0 Å². The number of hydrogen-bond donors (Lipinski definition) is 0. The third kappa shape index (κ3) is 2.08. The first-order valence-corrected chi connectivity index (χ1v) is 2.77. The highest BCUT2D eigenvalue weighted by Crippen LogP contribution is 2.00. The van der Waals surface area contributed by atoms with Gasteiger partial charge in [-0.2, -0.15) is 0 Å². The van der Waals surface area contributed by atoms with Crippen LogP contribution in [0.1, 0.15) is 0 Å². The lowest BCUT2D eigenvalue weighted by Crippen LogP contribution is -1.64. The van der Waals surface area contributed by atoms with Crippen molar-refractivity contribution in [3.63, 3.8) is 0 Å². The van der Waals surface area contributed by atoms with Gasteiger partial charge in [0.1, 0.15) is 5.83 Å². The van der Waals surface area contributed by atoms with Crippen LogP contribution in [-0.4, -0.2) is 0 Å². The molecule has 0 N–H and O–H groups in total. The summed E-state index contributed by atoms with van der Waals surface area (Å²) in [5.74, 6) is -0.212. The summed E-state index contributed by atoms with van der Waals surface area (Å²) < 4.78 is 12.3. The summed E-state index contributed by atoms with van der Waals surface area (Å²) in [6.45, 7) is 0. The van der Waals surface area contributed by atoms with E-state index in [-0.39, 0.29) is 5.83 Å². The van der Waals surface area contributed by atoms with Crippen LogP contribution < -0.4 is 0 Å². The first-order chi connectivity index (χ1) is 4.39. The topological polar surface area (TPSA) is 0 Å². The molecule has 0 atom stereocenters. The molecule has 0 spiro atoms. The number of rotatable bonds is 0. The molecule has 0 saturated carbocycles. The lowest BCUT2D eigenvalue weighted by atomic mass is 10.3. The molecule has 0 bridgehead atoms. The van der Waals surface area contributed by atoms with E-state index in [9.17, 15) is 4.39 Å². The van der Waals surface area contributed by atoms with Crippen LogP contribution in [0.2, 0.25) is 0 Å². The number of allylic oxidation sites excluding steroid dienone is 8. The van der Waals surface area contributed by atoms with Gasteiger partial charge in [-0.3, -0.25) is 0 Å². The van der Waals surface area contributed by atoms with E-state index in [1.165, 1.54) is 12.2 Å². The minimum atomic E-state index is -0.212. The van der Waals surface area contributed by atoms with Crippen LogP contribution in [0.4, 0.5) is 4.39 Å². The predicted molar refractivity (Wildman–Crippen MR) is 36.6 cm³/mol. The second-order valence-electron chi connectivity index (χ2n) is 1.68. The Morgan fingerprint density at radius 2 is 1.56 bits per heavy atom. The average molecular weight is 122 g/mol. The van der Waals surface area contributed by atoms with Gasteiger partial charge in [-0.15, -0.1) is 0 Å². The highest BCUT2D eigenvalue weighted by molar-refractivity contribution is 5.26. The lowest BCUT2D eigenvalue weighted by Gasteiger charge is -1.83. The SMILES string of the molecule is FC1=CC=CC=CC=C1. The highest BCUT2D eigenvalue weighted by atomic mass is 19.1. The van der Waals surface area contributed by atoms with Crippen molar-refractivity contribution in [2.24, 2.45) is 0 Å². The molecule has 1 aliphatic rings. The van der Waals surface area contributed by atoms with Crippen LogP contribution in [-0.2, 0) is 0 Å². The third-order valence-corrected chi connectivity index (χ3v) is 0.955. The van der Waals surface area contributed by atoms with Crippen LogP contribution in [0.3, 0.4) is 0 Å². The quantitative estimate of drug-likeness (QED) is 0.463. The molecule has 9 heavy (non-hydrogen) atoms. The van der Waals surface area contributed by atoms with Crippen molar-refractivity contribution in [1.29, 1.82) is 0 Å². The van der Waals surface area contributed by atoms with Gasteiger partial charge in [0, 0.05) is 0 Å². The van der Waals surface area contributed by atoms with Crippen molar-refractivity contribution in [2.75, 3.05) is 0 Å². The van der Waals surface area contributed by atoms with E-state index in [1.807, 2.05) is 6.08 Å². The summed E-state index contributed by atoms with van der Waals surface area (Å²) in [4.78, 5) is 0. The summed E-state index contributed by atoms with van der Waals surface area (Å²) in [7, 11) is 0. The molecule has 0 aromatic heterocycles. The molecule has 0 aliphatic heterocycles. The van der Waals surface area contributed by atoms with E-state index < -0.39 is 0 Å². The molecular formula is C8H7F. The maximum atomic E-state index is 12.3. The normalized spacial score (nSPS) is 16.8. The molecule has 0 saturated heterocycles. The monoisotopic (exact) mass is 122 g/mol. The Kier molecular flexibility index (Phi) is 2.02. The summed E-state index contributed by atoms with van der Waals surface area (Å²) in [6.07, 6.45) is 11.6. The Morgan fingerprint density at radius 3 is 2.44 bits per heavy atom. The molecule has 1 aliphatic carbocycles. The molecule has 0 nitrogen and oxygen atoms in total. The first kappa shape index (κ1) is 6.02. The zero-order valence-corrected chi connectivity index (χ0v) is 4.92. The fourth-order valence-electron chi connectivity index (χ4n) is 0.543. The van der Waals surface area contributed by atoms with Gasteiger partial charge in [-0.25, -0.2) is 4.39 Å². The molecule has 0 fully saturated rings. The third-order valence-electron chi connectivity index (χ3n) is 0.955. The Bertz CT molecular complexity index is 195. The molecule has 0 amide bonds. The second-order valence-corrected chi connectivity index (χ2v) is 1.68. The van der Waals surface area contributed by atoms with E-state index in [0.29, 0.717) is 0 Å². The second kappa shape index (κ2) is 3.02. The number of hydrogen-bond acceptors (Lipinski definition) is 0. The Balaban J connectivity index is 2.77. The summed E-state index contributed by atoms with van der Waals surface area (Å²) in [5, 5.41) is 0. The summed E-state index contributed by atoms with van der Waals surface area (Å²) >= 11 is 0. The number of halogens is 1. The van der Waals surface area contributed by atoms with Gasteiger partial charge in [0.2, 0.25) is 0 Å². The van der Waals surface area contributed by atoms with Gasteiger partial charge in [0.15, 0.2) is 0 Å². The van der Waals surface area contributed by atoms with Crippen molar-refractivity contribution in [3.05, 3.63) is 48.4 Å². The van der Waals surface area contributed by atoms with Crippen LogP contribution in [0, 0.1) is 0 Å². The van der Waals surface area contributed by atoms with Gasteiger partial charge in [-0.05, 0) is 12.2 Å². The molecule has 0 aromatic carbocycles. The van der Waals surface area contributed by atoms with Crippen LogP contribution in [0.25, 0.3) is 0 Å². The molecule has 0 unspecified atom stereocenters. The van der Waals surface area contributed by atoms with Crippen LogP contribution in [0.15, 0.2) is 48.4 Å². The highest BCUT2D eigenvalue weighted by Gasteiger charge is 1.81. The van der Waals surface area contributed by atoms with E-state index >= 15 is 0 Å². The predicted octanol–water partition coefficient (Wildman–Crippen LogP) is 2.52. The van der Waals surface area contributed by atoms with Gasteiger partial charge in [-0.1, -0.05) is 30.4 Å². The molecule has 0 heterocycles. The van der Waals surface area contributed by atoms with Gasteiger partial charge < -0.3 is 0 Å².